The van der Waals surface area contributed by atoms with Gasteiger partial charge in [0.25, 0.3) is 5.91 Å². The van der Waals surface area contributed by atoms with Crippen molar-refractivity contribution >= 4 is 39.1 Å². The Hall–Kier alpha value is -3.80. The minimum atomic E-state index is -3.51. The molecule has 3 amide bonds. The maximum atomic E-state index is 14.6. The molecule has 51 heavy (non-hydrogen) atoms. The summed E-state index contributed by atoms with van der Waals surface area (Å²) in [6.07, 6.45) is 11.6. The third-order valence-corrected chi connectivity index (χ3v) is 13.0. The van der Waals surface area contributed by atoms with Crippen molar-refractivity contribution in [3.63, 3.8) is 0 Å². The summed E-state index contributed by atoms with van der Waals surface area (Å²) >= 11 is 6.47. The van der Waals surface area contributed by atoms with Crippen molar-refractivity contribution in [1.29, 1.82) is 0 Å². The van der Waals surface area contributed by atoms with Gasteiger partial charge in [0.15, 0.2) is 0 Å². The summed E-state index contributed by atoms with van der Waals surface area (Å²) in [6, 6.07) is 14.9. The predicted molar refractivity (Wildman–Crippen MR) is 200 cm³/mol. The smallest absolute Gasteiger partial charge is 0.330 e. The Kier molecular flexibility index (Phi) is 10.8. The van der Waals surface area contributed by atoms with Crippen LogP contribution in [0.1, 0.15) is 66.2 Å². The number of rotatable bonds is 2. The number of nitrogens with one attached hydrogen (secondary N) is 1. The van der Waals surface area contributed by atoms with Crippen LogP contribution < -0.4 is 14.4 Å². The van der Waals surface area contributed by atoms with Gasteiger partial charge in [0, 0.05) is 55.8 Å². The fourth-order valence-corrected chi connectivity index (χ4v) is 9.94. The average Bonchev–Trinajstić information content (AvgIpc) is 3.56. The standard InChI is InChI=1S/C39H48ClN5O5S/c1-27-7-5-10-36(49-2)34-15-12-31(34)24-45-23-30-11-14-32(40)21-28(30)8-3-4-20-50-37-16-13-29(22-35(37)45)38(46)41-51(48,26-27)42-39(47)44-19-18-43-17-6-9-33(43)25-44/h5-6,9-11,13-14,16-17,21-22,27,31,34,36H,3-4,7-8,12,15,18-20,23-26H2,1-2H3,(H,41,42,46,47,48)/b10-5+/t27-,31-,34+,36-,51?/m0/s1. The predicted octanol–water partition coefficient (Wildman–Crippen LogP) is 7.25. The number of aromatic nitrogens is 1. The van der Waals surface area contributed by atoms with Crippen LogP contribution >= 0.6 is 11.6 Å². The van der Waals surface area contributed by atoms with Crippen LogP contribution in [0.4, 0.5) is 10.5 Å². The third kappa shape index (κ3) is 8.16. The van der Waals surface area contributed by atoms with Gasteiger partial charge in [-0.15, -0.1) is 4.36 Å². The highest BCUT2D eigenvalue weighted by atomic mass is 35.5. The summed E-state index contributed by atoms with van der Waals surface area (Å²) in [5, 5.41) is 0.719. The highest BCUT2D eigenvalue weighted by Gasteiger charge is 2.38. The van der Waals surface area contributed by atoms with E-state index in [1.165, 1.54) is 11.1 Å². The fraction of sp³-hybridized carbons (Fsp3) is 0.487. The molecule has 12 heteroatoms. The van der Waals surface area contributed by atoms with E-state index in [1.54, 1.807) is 18.1 Å². The van der Waals surface area contributed by atoms with Crippen LogP contribution in [0.25, 0.3) is 0 Å². The van der Waals surface area contributed by atoms with Crippen molar-refractivity contribution in [3.8, 4) is 5.75 Å². The number of allylic oxidation sites excluding steroid dienone is 1. The number of halogens is 1. The molecule has 0 radical (unpaired) electrons. The molecule has 3 aromatic rings. The van der Waals surface area contributed by atoms with Gasteiger partial charge < -0.3 is 23.8 Å². The molecular weight excluding hydrogens is 686 g/mol. The molecule has 4 heterocycles. The van der Waals surface area contributed by atoms with E-state index in [1.807, 2.05) is 43.5 Å². The second kappa shape index (κ2) is 15.4. The largest absolute Gasteiger partial charge is 0.491 e. The molecule has 4 aliphatic rings. The van der Waals surface area contributed by atoms with Gasteiger partial charge >= 0.3 is 6.03 Å². The lowest BCUT2D eigenvalue weighted by atomic mass is 9.70. The number of ether oxygens (including phenoxy) is 2. The quantitative estimate of drug-likeness (QED) is 0.279. The van der Waals surface area contributed by atoms with Crippen molar-refractivity contribution in [2.75, 3.05) is 37.5 Å². The Labute approximate surface area is 306 Å². The summed E-state index contributed by atoms with van der Waals surface area (Å²) in [5.41, 5.74) is 4.49. The molecule has 0 saturated heterocycles. The molecule has 272 valence electrons. The van der Waals surface area contributed by atoms with E-state index in [9.17, 15) is 13.8 Å². The second-order valence-electron chi connectivity index (χ2n) is 14.5. The van der Waals surface area contributed by atoms with Crippen molar-refractivity contribution in [3.05, 3.63) is 94.3 Å². The normalized spacial score (nSPS) is 27.6. The van der Waals surface area contributed by atoms with E-state index in [4.69, 9.17) is 21.1 Å². The zero-order chi connectivity index (χ0) is 35.5. The first-order valence-electron chi connectivity index (χ1n) is 18.2. The molecule has 0 spiro atoms. The highest BCUT2D eigenvalue weighted by molar-refractivity contribution is 7.92. The lowest BCUT2D eigenvalue weighted by Gasteiger charge is -2.43. The van der Waals surface area contributed by atoms with E-state index < -0.39 is 21.9 Å². The van der Waals surface area contributed by atoms with Gasteiger partial charge in [0.05, 0.1) is 30.7 Å². The maximum Gasteiger partial charge on any atom is 0.330 e. The molecule has 1 saturated carbocycles. The monoisotopic (exact) mass is 733 g/mol. The molecule has 1 fully saturated rings. The summed E-state index contributed by atoms with van der Waals surface area (Å²) in [7, 11) is -1.74. The molecule has 1 unspecified atom stereocenters. The topological polar surface area (TPSA) is 105 Å². The Morgan fingerprint density at radius 2 is 1.96 bits per heavy atom. The van der Waals surface area contributed by atoms with Crippen molar-refractivity contribution in [1.82, 2.24) is 14.2 Å². The average molecular weight is 734 g/mol. The molecule has 1 N–H and O–H groups in total. The molecular formula is C39H48ClN5O5S. The summed E-state index contributed by atoms with van der Waals surface area (Å²) in [5.74, 6) is 0.665. The Bertz CT molecular complexity index is 1920. The number of carbonyl (C=O) groups is 2. The van der Waals surface area contributed by atoms with E-state index in [2.05, 4.69) is 42.8 Å². The Balaban J connectivity index is 1.28. The first-order valence-corrected chi connectivity index (χ1v) is 20.2. The molecule has 2 aromatic carbocycles. The highest BCUT2D eigenvalue weighted by Crippen LogP contribution is 2.42. The van der Waals surface area contributed by atoms with Gasteiger partial charge in [-0.2, -0.15) is 0 Å². The van der Waals surface area contributed by atoms with E-state index >= 15 is 0 Å². The van der Waals surface area contributed by atoms with Crippen LogP contribution in [0, 0.1) is 17.8 Å². The van der Waals surface area contributed by atoms with Gasteiger partial charge in [-0.05, 0) is 110 Å². The van der Waals surface area contributed by atoms with Gasteiger partial charge in [-0.25, -0.2) is 9.00 Å². The lowest BCUT2D eigenvalue weighted by molar-refractivity contribution is 0.0133. The number of carbonyl (C=O) groups excluding carboxylic acids is 2. The zero-order valence-electron chi connectivity index (χ0n) is 29.5. The number of nitrogens with zero attached hydrogens (tertiary/aromatic N) is 4. The fourth-order valence-electron chi connectivity index (χ4n) is 7.86. The van der Waals surface area contributed by atoms with E-state index in [0.717, 1.165) is 55.1 Å². The van der Waals surface area contributed by atoms with Crippen molar-refractivity contribution in [2.45, 2.75) is 71.2 Å². The van der Waals surface area contributed by atoms with Crippen molar-refractivity contribution in [2.24, 2.45) is 22.1 Å². The number of urea groups is 1. The van der Waals surface area contributed by atoms with Crippen LogP contribution in [0.3, 0.4) is 0 Å². The van der Waals surface area contributed by atoms with Gasteiger partial charge in [-0.3, -0.25) is 9.52 Å². The number of aryl methyl sites for hydroxylation is 1. The first-order chi connectivity index (χ1) is 24.7. The molecule has 10 nitrogen and oxygen atoms in total. The number of benzene rings is 2. The zero-order valence-corrected chi connectivity index (χ0v) is 31.0. The Morgan fingerprint density at radius 1 is 1.08 bits per heavy atom. The molecule has 1 aliphatic carbocycles. The molecule has 5 atom stereocenters. The Morgan fingerprint density at radius 3 is 2.78 bits per heavy atom. The van der Waals surface area contributed by atoms with Gasteiger partial charge in [0.2, 0.25) is 0 Å². The molecule has 3 aliphatic heterocycles. The van der Waals surface area contributed by atoms with Crippen LogP contribution in [-0.2, 0) is 40.7 Å². The van der Waals surface area contributed by atoms with Crippen LogP contribution in [-0.4, -0.2) is 64.3 Å². The van der Waals surface area contributed by atoms with E-state index in [0.29, 0.717) is 62.4 Å². The first kappa shape index (κ1) is 35.6. The minimum Gasteiger partial charge on any atom is -0.491 e. The minimum absolute atomic E-state index is 0.0300. The van der Waals surface area contributed by atoms with Crippen LogP contribution in [0.5, 0.6) is 5.75 Å². The third-order valence-electron chi connectivity index (χ3n) is 10.8. The molecule has 1 aromatic heterocycles. The SMILES string of the molecule is CO[C@H]1/C=C/C[C@H](C)CS(=O)(NC(=O)N2CCn3cccc3C2)=NC(=O)c2ccc3c(c2)N(Cc2ccc(Cl)cc2CCCCO3)C[C@@H]2CC[C@H]21. The number of amides is 3. The number of hydrogen-bond acceptors (Lipinski definition) is 6. The van der Waals surface area contributed by atoms with Crippen molar-refractivity contribution < 1.29 is 23.3 Å². The molecule has 2 bridgehead atoms. The number of hydrogen-bond donors (Lipinski definition) is 1. The summed E-state index contributed by atoms with van der Waals surface area (Å²) < 4.78 is 36.2. The number of fused-ring (bicyclic) bond motifs is 4. The van der Waals surface area contributed by atoms with Gasteiger partial charge in [-0.1, -0.05) is 36.7 Å². The van der Waals surface area contributed by atoms with E-state index in [-0.39, 0.29) is 17.8 Å². The van der Waals surface area contributed by atoms with Crippen LogP contribution in [0.2, 0.25) is 5.02 Å². The lowest BCUT2D eigenvalue weighted by Crippen LogP contribution is -2.47. The molecule has 7 rings (SSSR count). The maximum absolute atomic E-state index is 14.6. The summed E-state index contributed by atoms with van der Waals surface area (Å²) in [6.45, 7) is 5.35. The second-order valence-corrected chi connectivity index (χ2v) is 16.9. The van der Waals surface area contributed by atoms with Gasteiger partial charge in [0.1, 0.15) is 15.7 Å². The van der Waals surface area contributed by atoms with Crippen LogP contribution in [0.15, 0.2) is 71.2 Å². The number of anilines is 1. The number of methoxy groups -OCH3 is 1. The summed E-state index contributed by atoms with van der Waals surface area (Å²) in [4.78, 5) is 31.6.